The van der Waals surface area contributed by atoms with Gasteiger partial charge >= 0.3 is 0 Å². The lowest BCUT2D eigenvalue weighted by Gasteiger charge is -2.46. The zero-order valence-electron chi connectivity index (χ0n) is 48.1. The third-order valence-electron chi connectivity index (χ3n) is 16.1. The number of aliphatic hydroxyl groups excluding tert-OH is 8. The van der Waals surface area contributed by atoms with E-state index in [1.54, 1.807) is 0 Å². The van der Waals surface area contributed by atoms with Crippen LogP contribution in [0.2, 0.25) is 0 Å². The number of unbranched alkanes of at least 4 members (excludes halogenated alkanes) is 39. The summed E-state index contributed by atoms with van der Waals surface area (Å²) in [5.41, 5.74) is 0. The summed E-state index contributed by atoms with van der Waals surface area (Å²) in [4.78, 5) is 13.3. The maximum absolute atomic E-state index is 13.3. The van der Waals surface area contributed by atoms with Crippen LogP contribution >= 0.6 is 0 Å². The predicted molar refractivity (Wildman–Crippen MR) is 300 cm³/mol. The van der Waals surface area contributed by atoms with Gasteiger partial charge in [-0.25, -0.2) is 0 Å². The van der Waals surface area contributed by atoms with Gasteiger partial charge in [-0.2, -0.15) is 0 Å². The Morgan fingerprint density at radius 2 is 0.760 bits per heavy atom. The molecule has 2 fully saturated rings. The van der Waals surface area contributed by atoms with Crippen molar-refractivity contribution in [1.82, 2.24) is 5.32 Å². The number of ether oxygens (including phenoxy) is 4. The van der Waals surface area contributed by atoms with Crippen LogP contribution in [0.25, 0.3) is 0 Å². The lowest BCUT2D eigenvalue weighted by atomic mass is 9.97. The van der Waals surface area contributed by atoms with E-state index in [0.717, 1.165) is 51.4 Å². The van der Waals surface area contributed by atoms with Crippen LogP contribution in [-0.4, -0.2) is 140 Å². The Labute approximate surface area is 457 Å². The first-order chi connectivity index (χ1) is 36.6. The van der Waals surface area contributed by atoms with Crippen molar-refractivity contribution in [3.63, 3.8) is 0 Å². The van der Waals surface area contributed by atoms with Crippen LogP contribution in [0.1, 0.15) is 290 Å². The van der Waals surface area contributed by atoms with Gasteiger partial charge in [-0.05, 0) is 12.8 Å². The average molecular weight is 1070 g/mol. The minimum absolute atomic E-state index is 0.200. The minimum Gasteiger partial charge on any atom is -0.394 e. The minimum atomic E-state index is -1.78. The molecule has 0 radical (unpaired) electrons. The molecule has 2 rings (SSSR count). The number of rotatable bonds is 52. The van der Waals surface area contributed by atoms with Crippen molar-refractivity contribution in [2.45, 2.75) is 364 Å². The van der Waals surface area contributed by atoms with Crippen molar-refractivity contribution >= 4 is 5.91 Å². The smallest absolute Gasteiger partial charge is 0.220 e. The molecule has 2 aliphatic heterocycles. The molecule has 2 saturated heterocycles. The van der Waals surface area contributed by atoms with Crippen LogP contribution in [-0.2, 0) is 23.7 Å². The maximum atomic E-state index is 13.3. The molecule has 0 aromatic heterocycles. The topological polar surface area (TPSA) is 228 Å². The van der Waals surface area contributed by atoms with Gasteiger partial charge in [0.25, 0.3) is 0 Å². The maximum Gasteiger partial charge on any atom is 0.220 e. The lowest BCUT2D eigenvalue weighted by Crippen LogP contribution is -2.65. The number of carbonyl (C=O) groups is 1. The monoisotopic (exact) mass is 1070 g/mol. The Morgan fingerprint density at radius 1 is 0.427 bits per heavy atom. The summed E-state index contributed by atoms with van der Waals surface area (Å²) in [5, 5.41) is 87.2. The average Bonchev–Trinajstić information content (AvgIpc) is 3.41. The van der Waals surface area contributed by atoms with Gasteiger partial charge < -0.3 is 65.1 Å². The molecule has 0 aromatic rings. The van der Waals surface area contributed by atoms with E-state index in [9.17, 15) is 45.6 Å². The van der Waals surface area contributed by atoms with Gasteiger partial charge in [-0.15, -0.1) is 0 Å². The summed E-state index contributed by atoms with van der Waals surface area (Å²) < 4.78 is 22.8. The predicted octanol–water partition coefficient (Wildman–Crippen LogP) is 11.3. The van der Waals surface area contributed by atoms with Gasteiger partial charge in [0, 0.05) is 6.42 Å². The standard InChI is InChI=1S/C61H119NO13/c1-3-5-7-9-11-13-15-17-18-19-20-21-22-23-24-25-26-27-28-29-30-31-33-35-37-39-41-43-45-53(66)62-49(50(65)44-42-40-38-36-34-32-16-14-12-10-8-6-4-2)48-72-60-58(71)56(69)59(52(47-64)74-60)75-61-57(70)55(68)54(67)51(46-63)73-61/h49-52,54-61,63-65,67-71H,3-48H2,1-2H3,(H,62,66). The molecule has 0 saturated carbocycles. The highest BCUT2D eigenvalue weighted by Crippen LogP contribution is 2.30. The molecule has 446 valence electrons. The van der Waals surface area contributed by atoms with Crippen LogP contribution in [0.3, 0.4) is 0 Å². The van der Waals surface area contributed by atoms with E-state index >= 15 is 0 Å². The van der Waals surface area contributed by atoms with Crippen LogP contribution in [0.15, 0.2) is 0 Å². The number of aliphatic hydroxyl groups is 8. The molecule has 2 heterocycles. The first kappa shape index (κ1) is 70.1. The molecule has 12 unspecified atom stereocenters. The first-order valence-corrected chi connectivity index (χ1v) is 31.8. The second kappa shape index (κ2) is 47.8. The number of amides is 1. The fourth-order valence-corrected chi connectivity index (χ4v) is 10.9. The van der Waals surface area contributed by atoms with Crippen LogP contribution < -0.4 is 5.32 Å². The Balaban J connectivity index is 1.65. The van der Waals surface area contributed by atoms with Crippen LogP contribution in [0.5, 0.6) is 0 Å². The van der Waals surface area contributed by atoms with Gasteiger partial charge in [0.1, 0.15) is 48.8 Å². The summed E-state index contributed by atoms with van der Waals surface area (Å²) in [6, 6.07) is -0.822. The summed E-state index contributed by atoms with van der Waals surface area (Å²) in [7, 11) is 0. The highest BCUT2D eigenvalue weighted by atomic mass is 16.7. The molecule has 1 amide bonds. The van der Waals surface area contributed by atoms with Gasteiger partial charge in [0.2, 0.25) is 5.91 Å². The summed E-state index contributed by atoms with van der Waals surface area (Å²) in [5.74, 6) is -0.200. The third-order valence-corrected chi connectivity index (χ3v) is 16.1. The molecular formula is C61H119NO13. The fourth-order valence-electron chi connectivity index (χ4n) is 10.9. The SMILES string of the molecule is CCCCCCCCCCCCCCCCCCCCCCCCCCCCCCC(=O)NC(COC1OC(CO)C(OC2OC(CO)C(O)C(O)C2O)C(O)C1O)C(O)CCCCCCCCCCCCCCC. The van der Waals surface area contributed by atoms with Crippen molar-refractivity contribution in [3.05, 3.63) is 0 Å². The second-order valence-corrected chi connectivity index (χ2v) is 22.9. The Kier molecular flexibility index (Phi) is 44.6. The lowest BCUT2D eigenvalue weighted by molar-refractivity contribution is -0.359. The zero-order chi connectivity index (χ0) is 54.6. The second-order valence-electron chi connectivity index (χ2n) is 22.9. The van der Waals surface area contributed by atoms with Crippen molar-refractivity contribution < 1.29 is 64.6 Å². The number of hydrogen-bond donors (Lipinski definition) is 9. The van der Waals surface area contributed by atoms with Crippen LogP contribution in [0.4, 0.5) is 0 Å². The van der Waals surface area contributed by atoms with Crippen molar-refractivity contribution in [3.8, 4) is 0 Å². The highest BCUT2D eigenvalue weighted by molar-refractivity contribution is 5.76. The highest BCUT2D eigenvalue weighted by Gasteiger charge is 2.51. The Morgan fingerprint density at radius 3 is 1.13 bits per heavy atom. The summed E-state index contributed by atoms with van der Waals surface area (Å²) in [6.45, 7) is 2.89. The van der Waals surface area contributed by atoms with Gasteiger partial charge in [-0.3, -0.25) is 4.79 Å². The normalized spacial score (nSPS) is 24.9. The molecule has 0 bridgehead atoms. The number of nitrogens with one attached hydrogen (secondary N) is 1. The van der Waals surface area contributed by atoms with Crippen molar-refractivity contribution in [1.29, 1.82) is 0 Å². The Hall–Kier alpha value is -1.01. The summed E-state index contributed by atoms with van der Waals surface area (Å²) >= 11 is 0. The number of hydrogen-bond acceptors (Lipinski definition) is 13. The van der Waals surface area contributed by atoms with Crippen molar-refractivity contribution in [2.24, 2.45) is 0 Å². The van der Waals surface area contributed by atoms with Gasteiger partial charge in [0.05, 0.1) is 32.0 Å². The molecule has 9 N–H and O–H groups in total. The van der Waals surface area contributed by atoms with E-state index in [2.05, 4.69) is 19.2 Å². The van der Waals surface area contributed by atoms with E-state index in [1.807, 2.05) is 0 Å². The van der Waals surface area contributed by atoms with Gasteiger partial charge in [-0.1, -0.05) is 271 Å². The van der Waals surface area contributed by atoms with E-state index in [1.165, 1.54) is 212 Å². The Bertz CT molecular complexity index is 1270. The van der Waals surface area contributed by atoms with Crippen LogP contribution in [0, 0.1) is 0 Å². The molecular weight excluding hydrogens is 955 g/mol. The van der Waals surface area contributed by atoms with E-state index in [4.69, 9.17) is 18.9 Å². The molecule has 75 heavy (non-hydrogen) atoms. The van der Waals surface area contributed by atoms with E-state index in [-0.39, 0.29) is 12.5 Å². The van der Waals surface area contributed by atoms with E-state index < -0.39 is 86.8 Å². The largest absolute Gasteiger partial charge is 0.394 e. The molecule has 2 aliphatic rings. The molecule has 12 atom stereocenters. The molecule has 14 heteroatoms. The summed E-state index contributed by atoms with van der Waals surface area (Å²) in [6.07, 6.45) is 36.9. The first-order valence-electron chi connectivity index (χ1n) is 31.8. The van der Waals surface area contributed by atoms with E-state index in [0.29, 0.717) is 12.8 Å². The molecule has 0 aromatic carbocycles. The third kappa shape index (κ3) is 33.4. The van der Waals surface area contributed by atoms with Gasteiger partial charge in [0.15, 0.2) is 12.6 Å². The quantitative estimate of drug-likeness (QED) is 0.0259. The number of carbonyl (C=O) groups excluding carboxylic acids is 1. The molecule has 14 nitrogen and oxygen atoms in total. The fraction of sp³-hybridized carbons (Fsp3) is 0.984. The zero-order valence-corrected chi connectivity index (χ0v) is 48.1. The van der Waals surface area contributed by atoms with Crippen molar-refractivity contribution in [2.75, 3.05) is 19.8 Å². The molecule has 0 spiro atoms. The molecule has 0 aliphatic carbocycles.